The molecule has 0 aliphatic carbocycles. The van der Waals surface area contributed by atoms with Crippen LogP contribution < -0.4 is 15.2 Å². The summed E-state index contributed by atoms with van der Waals surface area (Å²) in [7, 11) is -3.77. The molecule has 0 saturated carbocycles. The molecule has 2 amide bonds. The highest BCUT2D eigenvalue weighted by molar-refractivity contribution is 7.89. The van der Waals surface area contributed by atoms with Gasteiger partial charge >= 0.3 is 0 Å². The maximum Gasteiger partial charge on any atom is 0.260 e. The molecule has 2 aromatic rings. The number of hydrogen-bond donors (Lipinski definition) is 2. The van der Waals surface area contributed by atoms with Crippen molar-refractivity contribution in [3.63, 3.8) is 0 Å². The summed E-state index contributed by atoms with van der Waals surface area (Å²) in [6.07, 6.45) is 1.94. The molecular weight excluding hydrogens is 418 g/mol. The number of carbonyl (C=O) groups is 2. The first-order chi connectivity index (χ1) is 14.8. The van der Waals surface area contributed by atoms with E-state index in [1.165, 1.54) is 24.3 Å². The molecule has 0 atom stereocenters. The van der Waals surface area contributed by atoms with Gasteiger partial charge in [0.2, 0.25) is 15.9 Å². The predicted octanol–water partition coefficient (Wildman–Crippen LogP) is 2.15. The van der Waals surface area contributed by atoms with Gasteiger partial charge in [-0.3, -0.25) is 9.59 Å². The number of para-hydroxylation sites is 1. The Balaban J connectivity index is 1.47. The molecule has 2 aromatic carbocycles. The van der Waals surface area contributed by atoms with Crippen molar-refractivity contribution in [1.29, 1.82) is 0 Å². The monoisotopic (exact) mass is 445 g/mol. The van der Waals surface area contributed by atoms with Gasteiger partial charge in [-0.1, -0.05) is 25.1 Å². The molecule has 0 bridgehead atoms. The summed E-state index contributed by atoms with van der Waals surface area (Å²) in [5.74, 6) is 0.261. The van der Waals surface area contributed by atoms with Crippen molar-refractivity contribution in [1.82, 2.24) is 4.90 Å². The lowest BCUT2D eigenvalue weighted by molar-refractivity contribution is -0.136. The van der Waals surface area contributed by atoms with E-state index < -0.39 is 10.0 Å². The van der Waals surface area contributed by atoms with Crippen molar-refractivity contribution in [3.8, 4) is 5.75 Å². The van der Waals surface area contributed by atoms with Gasteiger partial charge in [0.1, 0.15) is 5.75 Å². The van der Waals surface area contributed by atoms with Crippen LogP contribution in [0.1, 0.15) is 25.3 Å². The average Bonchev–Trinajstić information content (AvgIpc) is 2.77. The smallest absolute Gasteiger partial charge is 0.260 e. The number of piperidine rings is 1. The number of aryl methyl sites for hydroxylation is 1. The van der Waals surface area contributed by atoms with Crippen LogP contribution in [0.25, 0.3) is 0 Å². The van der Waals surface area contributed by atoms with Gasteiger partial charge in [-0.2, -0.15) is 0 Å². The van der Waals surface area contributed by atoms with Gasteiger partial charge in [-0.25, -0.2) is 13.6 Å². The molecule has 1 saturated heterocycles. The summed E-state index contributed by atoms with van der Waals surface area (Å²) in [4.78, 5) is 26.7. The van der Waals surface area contributed by atoms with Crippen LogP contribution in [0, 0.1) is 5.92 Å². The van der Waals surface area contributed by atoms with E-state index in [1.807, 2.05) is 31.2 Å². The Morgan fingerprint density at radius 2 is 1.74 bits per heavy atom. The van der Waals surface area contributed by atoms with E-state index in [-0.39, 0.29) is 29.2 Å². The normalized spacial score (nSPS) is 14.8. The summed E-state index contributed by atoms with van der Waals surface area (Å²) < 4.78 is 28.3. The van der Waals surface area contributed by atoms with Crippen LogP contribution >= 0.6 is 0 Å². The number of likely N-dealkylation sites (tertiary alicyclic amines) is 1. The Morgan fingerprint density at radius 3 is 2.35 bits per heavy atom. The molecule has 31 heavy (non-hydrogen) atoms. The number of nitrogens with zero attached hydrogens (tertiary/aromatic N) is 1. The average molecular weight is 446 g/mol. The summed E-state index contributed by atoms with van der Waals surface area (Å²) in [5, 5.41) is 7.87. The van der Waals surface area contributed by atoms with Crippen molar-refractivity contribution in [2.45, 2.75) is 31.1 Å². The number of sulfonamides is 1. The number of carbonyl (C=O) groups excluding carboxylic acids is 2. The highest BCUT2D eigenvalue weighted by atomic mass is 32.2. The van der Waals surface area contributed by atoms with Crippen LogP contribution in [-0.2, 0) is 26.0 Å². The van der Waals surface area contributed by atoms with Gasteiger partial charge in [0, 0.05) is 24.7 Å². The fourth-order valence-corrected chi connectivity index (χ4v) is 4.05. The Morgan fingerprint density at radius 1 is 1.10 bits per heavy atom. The van der Waals surface area contributed by atoms with E-state index in [4.69, 9.17) is 9.88 Å². The molecule has 0 aromatic heterocycles. The van der Waals surface area contributed by atoms with Gasteiger partial charge < -0.3 is 15.0 Å². The van der Waals surface area contributed by atoms with E-state index >= 15 is 0 Å². The Bertz CT molecular complexity index is 1030. The van der Waals surface area contributed by atoms with Crippen molar-refractivity contribution in [2.24, 2.45) is 11.1 Å². The number of primary sulfonamides is 1. The molecule has 0 radical (unpaired) electrons. The number of nitrogens with one attached hydrogen (secondary N) is 1. The second-order valence-electron chi connectivity index (χ2n) is 7.46. The molecule has 1 aliphatic heterocycles. The van der Waals surface area contributed by atoms with Gasteiger partial charge in [0.15, 0.2) is 6.61 Å². The van der Waals surface area contributed by atoms with E-state index in [1.54, 1.807) is 4.90 Å². The van der Waals surface area contributed by atoms with Crippen molar-refractivity contribution in [2.75, 3.05) is 25.0 Å². The maximum atomic E-state index is 12.5. The standard InChI is InChI=1S/C22H27N3O5S/c1-2-16-5-3-4-6-20(16)30-15-21(26)25-13-11-17(12-14-25)22(27)24-18-7-9-19(10-8-18)31(23,28)29/h3-10,17H,2,11-15H2,1H3,(H,24,27)(H2,23,28,29). The lowest BCUT2D eigenvalue weighted by atomic mass is 9.95. The molecule has 0 unspecified atom stereocenters. The number of anilines is 1. The fraction of sp³-hybridized carbons (Fsp3) is 0.364. The molecule has 3 N–H and O–H groups in total. The van der Waals surface area contributed by atoms with Gasteiger partial charge in [0.05, 0.1) is 4.90 Å². The third-order valence-corrected chi connectivity index (χ3v) is 6.30. The minimum atomic E-state index is -3.77. The predicted molar refractivity (Wildman–Crippen MR) is 117 cm³/mol. The quantitative estimate of drug-likeness (QED) is 0.677. The summed E-state index contributed by atoms with van der Waals surface area (Å²) in [6, 6.07) is 13.4. The molecule has 1 aliphatic rings. The van der Waals surface area contributed by atoms with E-state index in [0.717, 1.165) is 17.7 Å². The first-order valence-electron chi connectivity index (χ1n) is 10.2. The second-order valence-corrected chi connectivity index (χ2v) is 9.03. The zero-order valence-corrected chi connectivity index (χ0v) is 18.2. The molecule has 3 rings (SSSR count). The van der Waals surface area contributed by atoms with Crippen molar-refractivity contribution in [3.05, 3.63) is 54.1 Å². The Kier molecular flexibility index (Phi) is 7.29. The van der Waals surface area contributed by atoms with Gasteiger partial charge in [-0.05, 0) is 55.2 Å². The minimum Gasteiger partial charge on any atom is -0.483 e. The number of rotatable bonds is 7. The number of amides is 2. The molecule has 1 heterocycles. The first-order valence-corrected chi connectivity index (χ1v) is 11.7. The van der Waals surface area contributed by atoms with Crippen LogP contribution in [0.5, 0.6) is 5.75 Å². The summed E-state index contributed by atoms with van der Waals surface area (Å²) in [5.41, 5.74) is 1.56. The molecule has 8 nitrogen and oxygen atoms in total. The summed E-state index contributed by atoms with van der Waals surface area (Å²) in [6.45, 7) is 2.98. The highest BCUT2D eigenvalue weighted by Gasteiger charge is 2.27. The van der Waals surface area contributed by atoms with Gasteiger partial charge in [0.25, 0.3) is 5.91 Å². The number of ether oxygens (including phenoxy) is 1. The zero-order valence-electron chi connectivity index (χ0n) is 17.4. The van der Waals surface area contributed by atoms with Crippen LogP contribution in [0.4, 0.5) is 5.69 Å². The number of benzene rings is 2. The molecule has 0 spiro atoms. The van der Waals surface area contributed by atoms with Crippen molar-refractivity contribution >= 4 is 27.5 Å². The SMILES string of the molecule is CCc1ccccc1OCC(=O)N1CCC(C(=O)Nc2ccc(S(N)(=O)=O)cc2)CC1. The molecular formula is C22H27N3O5S. The van der Waals surface area contributed by atoms with Crippen LogP contribution in [0.3, 0.4) is 0 Å². The molecule has 166 valence electrons. The van der Waals surface area contributed by atoms with E-state index in [9.17, 15) is 18.0 Å². The largest absolute Gasteiger partial charge is 0.483 e. The van der Waals surface area contributed by atoms with Crippen LogP contribution in [-0.4, -0.2) is 44.8 Å². The second kappa shape index (κ2) is 9.93. The fourth-order valence-electron chi connectivity index (χ4n) is 3.53. The lowest BCUT2D eigenvalue weighted by Gasteiger charge is -2.31. The van der Waals surface area contributed by atoms with E-state index in [2.05, 4.69) is 5.32 Å². The maximum absolute atomic E-state index is 12.5. The first kappa shape index (κ1) is 22.8. The van der Waals surface area contributed by atoms with E-state index in [0.29, 0.717) is 31.6 Å². The van der Waals surface area contributed by atoms with Crippen LogP contribution in [0.15, 0.2) is 53.4 Å². The molecule has 9 heteroatoms. The third-order valence-electron chi connectivity index (χ3n) is 5.37. The molecule has 1 fully saturated rings. The van der Waals surface area contributed by atoms with Crippen LogP contribution in [0.2, 0.25) is 0 Å². The van der Waals surface area contributed by atoms with Gasteiger partial charge in [-0.15, -0.1) is 0 Å². The Labute approximate surface area is 182 Å². The minimum absolute atomic E-state index is 0.0129. The number of hydrogen-bond acceptors (Lipinski definition) is 5. The number of nitrogens with two attached hydrogens (primary N) is 1. The highest BCUT2D eigenvalue weighted by Crippen LogP contribution is 2.22. The third kappa shape index (κ3) is 6.05. The summed E-state index contributed by atoms with van der Waals surface area (Å²) >= 11 is 0. The zero-order chi connectivity index (χ0) is 22.4. The lowest BCUT2D eigenvalue weighted by Crippen LogP contribution is -2.43. The Hall–Kier alpha value is -2.91. The topological polar surface area (TPSA) is 119 Å². The van der Waals surface area contributed by atoms with Crippen molar-refractivity contribution < 1.29 is 22.7 Å².